The van der Waals surface area contributed by atoms with Crippen molar-refractivity contribution in [3.63, 3.8) is 0 Å². The lowest BCUT2D eigenvalue weighted by Gasteiger charge is -2.46. The molecule has 0 spiro atoms. The van der Waals surface area contributed by atoms with Gasteiger partial charge in [0.05, 0.1) is 24.3 Å². The summed E-state index contributed by atoms with van der Waals surface area (Å²) in [5.41, 5.74) is 6.77. The minimum absolute atomic E-state index is 0.210. The molecule has 4 aromatic rings. The van der Waals surface area contributed by atoms with E-state index in [2.05, 4.69) is 34.5 Å². The fourth-order valence-corrected chi connectivity index (χ4v) is 5.24. The van der Waals surface area contributed by atoms with Gasteiger partial charge in [0.1, 0.15) is 11.6 Å². The number of nitrogens with one attached hydrogen (secondary N) is 1. The van der Waals surface area contributed by atoms with E-state index in [1.807, 2.05) is 38.1 Å². The molecule has 1 N–H and O–H groups in total. The van der Waals surface area contributed by atoms with E-state index in [1.54, 1.807) is 31.2 Å². The number of nitrogens with zero attached hydrogens (tertiary/aromatic N) is 1. The summed E-state index contributed by atoms with van der Waals surface area (Å²) in [5.74, 6) is -1.11. The van der Waals surface area contributed by atoms with Crippen LogP contribution in [-0.4, -0.2) is 12.6 Å². The second-order valence-corrected chi connectivity index (χ2v) is 10.1. The molecule has 40 heavy (non-hydrogen) atoms. The van der Waals surface area contributed by atoms with Gasteiger partial charge in [0.15, 0.2) is 0 Å². The van der Waals surface area contributed by atoms with Crippen molar-refractivity contribution in [2.75, 3.05) is 16.8 Å². The summed E-state index contributed by atoms with van der Waals surface area (Å²) < 4.78 is 33.4. The van der Waals surface area contributed by atoms with Gasteiger partial charge in [0, 0.05) is 23.5 Å². The highest BCUT2D eigenvalue weighted by Gasteiger charge is 2.41. The second-order valence-electron chi connectivity index (χ2n) is 10.1. The largest absolute Gasteiger partial charge is 0.463 e. The highest BCUT2D eigenvalue weighted by molar-refractivity contribution is 5.93. The third kappa shape index (κ3) is 5.76. The third-order valence-corrected chi connectivity index (χ3v) is 7.22. The summed E-state index contributed by atoms with van der Waals surface area (Å²) >= 11 is 0. The van der Waals surface area contributed by atoms with Crippen molar-refractivity contribution in [1.29, 1.82) is 0 Å². The van der Waals surface area contributed by atoms with Crippen LogP contribution in [-0.2, 0) is 9.53 Å². The van der Waals surface area contributed by atoms with E-state index in [4.69, 9.17) is 4.74 Å². The number of ether oxygens (including phenoxy) is 1. The smallest absolute Gasteiger partial charge is 0.338 e. The van der Waals surface area contributed by atoms with Crippen LogP contribution in [0.15, 0.2) is 108 Å². The number of hydrogen-bond acceptors (Lipinski definition) is 4. The molecule has 1 heterocycles. The zero-order chi connectivity index (χ0) is 28.2. The molecule has 0 radical (unpaired) electrons. The number of carbonyl (C=O) groups excluding carboxylic acids is 1. The van der Waals surface area contributed by atoms with Crippen LogP contribution in [0, 0.1) is 25.5 Å². The zero-order valence-electron chi connectivity index (χ0n) is 22.8. The molecule has 0 unspecified atom stereocenters. The predicted molar refractivity (Wildman–Crippen MR) is 155 cm³/mol. The molecule has 0 aromatic heterocycles. The van der Waals surface area contributed by atoms with Gasteiger partial charge in [-0.2, -0.15) is 0 Å². The molecule has 0 saturated carbocycles. The molecular weight excluding hydrogens is 506 g/mol. The Morgan fingerprint density at radius 3 is 1.88 bits per heavy atom. The number of benzene rings is 4. The molecule has 204 valence electrons. The van der Waals surface area contributed by atoms with Crippen LogP contribution in [0.25, 0.3) is 0 Å². The molecule has 1 aliphatic rings. The number of hydrogen-bond donors (Lipinski definition) is 1. The van der Waals surface area contributed by atoms with Crippen molar-refractivity contribution in [2.45, 2.75) is 39.3 Å². The van der Waals surface area contributed by atoms with Gasteiger partial charge in [-0.3, -0.25) is 0 Å². The van der Waals surface area contributed by atoms with E-state index in [1.165, 1.54) is 24.3 Å². The Morgan fingerprint density at radius 2 is 1.32 bits per heavy atom. The maximum Gasteiger partial charge on any atom is 0.338 e. The van der Waals surface area contributed by atoms with Crippen molar-refractivity contribution in [1.82, 2.24) is 0 Å². The summed E-state index contributed by atoms with van der Waals surface area (Å²) in [6.45, 7) is 6.05. The number of rotatable bonds is 7. The van der Waals surface area contributed by atoms with Crippen molar-refractivity contribution >= 4 is 17.3 Å². The standard InChI is InChI=1S/C34H32F2N2O2/c1-4-40-34(39)32-30(37-28-17-13-26(35)14-18-28)21-31(24-9-5-22(2)6-10-24)38(29-19-15-27(36)16-20-29)33(32)25-11-7-23(3)8-12-25/h5-20,31,33,37H,4,21H2,1-3H3/t31-,33+/m0/s1. The first kappa shape index (κ1) is 27.1. The van der Waals surface area contributed by atoms with Crippen molar-refractivity contribution in [2.24, 2.45) is 0 Å². The molecule has 2 atom stereocenters. The van der Waals surface area contributed by atoms with Crippen molar-refractivity contribution < 1.29 is 18.3 Å². The molecule has 0 amide bonds. The SMILES string of the molecule is CCOC(=O)C1=C(Nc2ccc(F)cc2)C[C@@H](c2ccc(C)cc2)N(c2ccc(F)cc2)[C@@H]1c1ccc(C)cc1. The van der Waals surface area contributed by atoms with Gasteiger partial charge in [0.25, 0.3) is 0 Å². The molecule has 0 aliphatic carbocycles. The average molecular weight is 539 g/mol. The van der Waals surface area contributed by atoms with Gasteiger partial charge in [-0.05, 0) is 80.4 Å². The maximum atomic E-state index is 14.1. The van der Waals surface area contributed by atoms with Crippen molar-refractivity contribution in [3.8, 4) is 0 Å². The number of halogens is 2. The number of anilines is 2. The molecule has 6 heteroatoms. The molecule has 0 fully saturated rings. The zero-order valence-corrected chi connectivity index (χ0v) is 22.8. The van der Waals surface area contributed by atoms with Gasteiger partial charge in [-0.15, -0.1) is 0 Å². The minimum Gasteiger partial charge on any atom is -0.463 e. The molecule has 5 rings (SSSR count). The normalized spacial score (nSPS) is 17.1. The number of esters is 1. The molecular formula is C34H32F2N2O2. The molecule has 4 nitrogen and oxygen atoms in total. The number of aryl methyl sites for hydroxylation is 2. The third-order valence-electron chi connectivity index (χ3n) is 7.22. The predicted octanol–water partition coefficient (Wildman–Crippen LogP) is 8.20. The van der Waals surface area contributed by atoms with Crippen molar-refractivity contribution in [3.05, 3.63) is 142 Å². The maximum absolute atomic E-state index is 14.1. The lowest BCUT2D eigenvalue weighted by Crippen LogP contribution is -2.41. The Morgan fingerprint density at radius 1 is 0.800 bits per heavy atom. The topological polar surface area (TPSA) is 41.6 Å². The van der Waals surface area contributed by atoms with E-state index in [9.17, 15) is 13.6 Å². The highest BCUT2D eigenvalue weighted by atomic mass is 19.1. The Hall–Kier alpha value is -4.45. The summed E-state index contributed by atoms with van der Waals surface area (Å²) in [7, 11) is 0. The monoisotopic (exact) mass is 538 g/mol. The molecule has 0 saturated heterocycles. The minimum atomic E-state index is -0.548. The first-order valence-corrected chi connectivity index (χ1v) is 13.4. The quantitative estimate of drug-likeness (QED) is 0.241. The summed E-state index contributed by atoms with van der Waals surface area (Å²) in [6, 6.07) is 28.1. The van der Waals surface area contributed by atoms with Crippen LogP contribution in [0.1, 0.15) is 47.7 Å². The van der Waals surface area contributed by atoms with E-state index in [0.29, 0.717) is 23.4 Å². The fourth-order valence-electron chi connectivity index (χ4n) is 5.24. The van der Waals surface area contributed by atoms with Gasteiger partial charge in [-0.1, -0.05) is 59.7 Å². The second kappa shape index (κ2) is 11.7. The Kier molecular flexibility index (Phi) is 7.96. The number of carbonyl (C=O) groups is 1. The first-order valence-electron chi connectivity index (χ1n) is 13.4. The van der Waals surface area contributed by atoms with Gasteiger partial charge in [-0.25, -0.2) is 13.6 Å². The van der Waals surface area contributed by atoms with Gasteiger partial charge < -0.3 is 15.0 Å². The van der Waals surface area contributed by atoms with E-state index < -0.39 is 12.0 Å². The summed E-state index contributed by atoms with van der Waals surface area (Å²) in [5, 5.41) is 3.43. The fraction of sp³-hybridized carbons (Fsp3) is 0.206. The summed E-state index contributed by atoms with van der Waals surface area (Å²) in [4.78, 5) is 15.9. The lowest BCUT2D eigenvalue weighted by molar-refractivity contribution is -0.139. The molecule has 0 bridgehead atoms. The molecule has 4 aromatic carbocycles. The van der Waals surface area contributed by atoms with Gasteiger partial charge in [0.2, 0.25) is 0 Å². The molecule has 1 aliphatic heterocycles. The first-order chi connectivity index (χ1) is 19.3. The van der Waals surface area contributed by atoms with Crippen LogP contribution in [0.4, 0.5) is 20.2 Å². The van der Waals surface area contributed by atoms with Crippen LogP contribution in [0.2, 0.25) is 0 Å². The van der Waals surface area contributed by atoms with Crippen LogP contribution in [0.5, 0.6) is 0 Å². The Balaban J connectivity index is 1.77. The Bertz CT molecular complexity index is 1500. The highest BCUT2D eigenvalue weighted by Crippen LogP contribution is 2.48. The van der Waals surface area contributed by atoms with E-state index in [-0.39, 0.29) is 24.3 Å². The lowest BCUT2D eigenvalue weighted by atomic mass is 9.83. The van der Waals surface area contributed by atoms with Crippen LogP contribution >= 0.6 is 0 Å². The van der Waals surface area contributed by atoms with Gasteiger partial charge >= 0.3 is 5.97 Å². The van der Waals surface area contributed by atoms with Crippen LogP contribution < -0.4 is 10.2 Å². The van der Waals surface area contributed by atoms with Crippen LogP contribution in [0.3, 0.4) is 0 Å². The Labute approximate surface area is 233 Å². The van der Waals surface area contributed by atoms with E-state index in [0.717, 1.165) is 27.9 Å². The average Bonchev–Trinajstić information content (AvgIpc) is 2.95. The van der Waals surface area contributed by atoms with E-state index >= 15 is 0 Å². The summed E-state index contributed by atoms with van der Waals surface area (Å²) in [6.07, 6.45) is 0.439.